The first-order valence-corrected chi connectivity index (χ1v) is 9.51. The van der Waals surface area contributed by atoms with Crippen LogP contribution >= 0.6 is 11.3 Å². The Morgan fingerprint density at radius 2 is 1.75 bits per heavy atom. The minimum Gasteiger partial charge on any atom is -0.486 e. The molecule has 0 fully saturated rings. The van der Waals surface area contributed by atoms with Crippen LogP contribution in [0.2, 0.25) is 0 Å². The van der Waals surface area contributed by atoms with Gasteiger partial charge in [0.2, 0.25) is 5.91 Å². The van der Waals surface area contributed by atoms with Gasteiger partial charge in [0.05, 0.1) is 5.69 Å². The minimum atomic E-state index is -0.265. The third-order valence-electron chi connectivity index (χ3n) is 4.03. The van der Waals surface area contributed by atoms with Crippen molar-refractivity contribution >= 4 is 34.0 Å². The van der Waals surface area contributed by atoms with Crippen LogP contribution in [0.5, 0.6) is 11.5 Å². The normalized spacial score (nSPS) is 12.3. The lowest BCUT2D eigenvalue weighted by Gasteiger charge is -2.18. The molecule has 2 aromatic carbocycles. The topological polar surface area (TPSA) is 89.6 Å². The predicted molar refractivity (Wildman–Crippen MR) is 107 cm³/mol. The standard InChI is InChI=1S/C20H17N3O4S/c1-12(24)21-15-5-2-13(3-6-15)16-11-28-20(22-16)23-19(25)14-4-7-17-18(10-14)27-9-8-26-17/h2-7,10-11H,8-9H2,1H3,(H,21,24)(H,22,23,25). The molecule has 142 valence electrons. The number of rotatable bonds is 4. The molecule has 28 heavy (non-hydrogen) atoms. The second kappa shape index (κ2) is 7.69. The number of aromatic nitrogens is 1. The highest BCUT2D eigenvalue weighted by atomic mass is 32.1. The predicted octanol–water partition coefficient (Wildman–Crippen LogP) is 3.79. The lowest BCUT2D eigenvalue weighted by molar-refractivity contribution is -0.114. The summed E-state index contributed by atoms with van der Waals surface area (Å²) < 4.78 is 11.0. The molecule has 7 nitrogen and oxygen atoms in total. The molecule has 0 radical (unpaired) electrons. The smallest absolute Gasteiger partial charge is 0.257 e. The number of carbonyl (C=O) groups is 2. The van der Waals surface area contributed by atoms with Gasteiger partial charge in [0.1, 0.15) is 13.2 Å². The van der Waals surface area contributed by atoms with Gasteiger partial charge in [-0.3, -0.25) is 14.9 Å². The van der Waals surface area contributed by atoms with E-state index >= 15 is 0 Å². The number of nitrogens with zero attached hydrogens (tertiary/aromatic N) is 1. The maximum Gasteiger partial charge on any atom is 0.257 e. The van der Waals surface area contributed by atoms with Gasteiger partial charge in [0.25, 0.3) is 5.91 Å². The zero-order valence-electron chi connectivity index (χ0n) is 15.0. The Morgan fingerprint density at radius 1 is 1.00 bits per heavy atom. The first kappa shape index (κ1) is 18.0. The number of anilines is 2. The SMILES string of the molecule is CC(=O)Nc1ccc(-c2csc(NC(=O)c3ccc4c(c3)OCCO4)n2)cc1. The van der Waals surface area contributed by atoms with Crippen LogP contribution in [0, 0.1) is 0 Å². The Morgan fingerprint density at radius 3 is 2.50 bits per heavy atom. The zero-order valence-corrected chi connectivity index (χ0v) is 15.8. The molecule has 4 rings (SSSR count). The fourth-order valence-corrected chi connectivity index (χ4v) is 3.46. The van der Waals surface area contributed by atoms with Gasteiger partial charge in [0, 0.05) is 29.1 Å². The van der Waals surface area contributed by atoms with E-state index in [1.807, 2.05) is 29.6 Å². The first-order valence-electron chi connectivity index (χ1n) is 8.63. The number of fused-ring (bicyclic) bond motifs is 1. The summed E-state index contributed by atoms with van der Waals surface area (Å²) in [6, 6.07) is 12.4. The third kappa shape index (κ3) is 3.96. The molecule has 0 saturated carbocycles. The summed E-state index contributed by atoms with van der Waals surface area (Å²) in [6.07, 6.45) is 0. The molecule has 8 heteroatoms. The summed E-state index contributed by atoms with van der Waals surface area (Å²) in [7, 11) is 0. The summed E-state index contributed by atoms with van der Waals surface area (Å²) in [5, 5.41) is 7.90. The number of hydrogen-bond acceptors (Lipinski definition) is 6. The molecule has 1 aliphatic rings. The van der Waals surface area contributed by atoms with Gasteiger partial charge >= 0.3 is 0 Å². The number of ether oxygens (including phenoxy) is 2. The zero-order chi connectivity index (χ0) is 19.5. The average Bonchev–Trinajstić information content (AvgIpc) is 3.16. The fraction of sp³-hybridized carbons (Fsp3) is 0.150. The van der Waals surface area contributed by atoms with E-state index in [9.17, 15) is 9.59 Å². The highest BCUT2D eigenvalue weighted by molar-refractivity contribution is 7.14. The number of benzene rings is 2. The van der Waals surface area contributed by atoms with Crippen LogP contribution in [0.1, 0.15) is 17.3 Å². The molecule has 2 amide bonds. The van der Waals surface area contributed by atoms with Crippen molar-refractivity contribution in [2.75, 3.05) is 23.8 Å². The molecule has 2 N–H and O–H groups in total. The van der Waals surface area contributed by atoms with Crippen molar-refractivity contribution in [1.82, 2.24) is 4.98 Å². The molecule has 0 spiro atoms. The van der Waals surface area contributed by atoms with Gasteiger partial charge in [-0.2, -0.15) is 0 Å². The number of nitrogens with one attached hydrogen (secondary N) is 2. The maximum atomic E-state index is 12.5. The van der Waals surface area contributed by atoms with E-state index in [0.717, 1.165) is 16.9 Å². The van der Waals surface area contributed by atoms with Crippen molar-refractivity contribution in [2.45, 2.75) is 6.92 Å². The van der Waals surface area contributed by atoms with Gasteiger partial charge in [-0.05, 0) is 30.3 Å². The minimum absolute atomic E-state index is 0.120. The Balaban J connectivity index is 1.46. The van der Waals surface area contributed by atoms with Gasteiger partial charge in [-0.1, -0.05) is 12.1 Å². The second-order valence-corrected chi connectivity index (χ2v) is 6.97. The largest absolute Gasteiger partial charge is 0.486 e. The van der Waals surface area contributed by atoms with Crippen LogP contribution in [0.25, 0.3) is 11.3 Å². The Labute approximate surface area is 165 Å². The van der Waals surface area contributed by atoms with Gasteiger partial charge < -0.3 is 14.8 Å². The van der Waals surface area contributed by atoms with E-state index in [4.69, 9.17) is 9.47 Å². The highest BCUT2D eigenvalue weighted by Crippen LogP contribution is 2.31. The third-order valence-corrected chi connectivity index (χ3v) is 4.79. The quantitative estimate of drug-likeness (QED) is 0.702. The molecule has 0 atom stereocenters. The number of carbonyl (C=O) groups excluding carboxylic acids is 2. The van der Waals surface area contributed by atoms with E-state index < -0.39 is 0 Å². The average molecular weight is 395 g/mol. The summed E-state index contributed by atoms with van der Waals surface area (Å²) in [5.74, 6) is 0.824. The van der Waals surface area contributed by atoms with E-state index in [2.05, 4.69) is 15.6 Å². The molecular formula is C20H17N3O4S. The molecule has 0 bridgehead atoms. The van der Waals surface area contributed by atoms with Crippen molar-refractivity contribution in [3.63, 3.8) is 0 Å². The van der Waals surface area contributed by atoms with E-state index in [1.54, 1.807) is 18.2 Å². The van der Waals surface area contributed by atoms with Crippen LogP contribution in [-0.2, 0) is 4.79 Å². The van der Waals surface area contributed by atoms with E-state index in [0.29, 0.717) is 35.4 Å². The summed E-state index contributed by atoms with van der Waals surface area (Å²) in [6.45, 7) is 2.44. The van der Waals surface area contributed by atoms with E-state index in [1.165, 1.54) is 18.3 Å². The molecule has 0 unspecified atom stereocenters. The molecule has 1 aromatic heterocycles. The van der Waals surface area contributed by atoms with Crippen LogP contribution in [0.4, 0.5) is 10.8 Å². The monoisotopic (exact) mass is 395 g/mol. The second-order valence-electron chi connectivity index (χ2n) is 6.11. The Hall–Kier alpha value is -3.39. The lowest BCUT2D eigenvalue weighted by Crippen LogP contribution is -2.17. The van der Waals surface area contributed by atoms with Crippen molar-refractivity contribution < 1.29 is 19.1 Å². The highest BCUT2D eigenvalue weighted by Gasteiger charge is 2.16. The number of hydrogen-bond donors (Lipinski definition) is 2. The van der Waals surface area contributed by atoms with Crippen molar-refractivity contribution in [1.29, 1.82) is 0 Å². The Bertz CT molecular complexity index is 1030. The molecule has 1 aliphatic heterocycles. The maximum absolute atomic E-state index is 12.5. The van der Waals surface area contributed by atoms with Crippen LogP contribution in [0.3, 0.4) is 0 Å². The van der Waals surface area contributed by atoms with Gasteiger partial charge in [-0.15, -0.1) is 11.3 Å². The summed E-state index contributed by atoms with van der Waals surface area (Å²) >= 11 is 1.34. The van der Waals surface area contributed by atoms with Gasteiger partial charge in [-0.25, -0.2) is 4.98 Å². The summed E-state index contributed by atoms with van der Waals surface area (Å²) in [5.41, 5.74) is 2.83. The number of thiazole rings is 1. The fourth-order valence-electron chi connectivity index (χ4n) is 2.75. The van der Waals surface area contributed by atoms with Crippen LogP contribution in [0.15, 0.2) is 47.8 Å². The first-order chi connectivity index (χ1) is 13.6. The van der Waals surface area contributed by atoms with Crippen LogP contribution in [-0.4, -0.2) is 30.0 Å². The van der Waals surface area contributed by atoms with Gasteiger partial charge in [0.15, 0.2) is 16.6 Å². The molecule has 3 aromatic rings. The Kier molecular flexibility index (Phi) is 4.94. The van der Waals surface area contributed by atoms with Crippen molar-refractivity contribution in [3.8, 4) is 22.8 Å². The molecule has 2 heterocycles. The van der Waals surface area contributed by atoms with Crippen LogP contribution < -0.4 is 20.1 Å². The number of amides is 2. The molecular weight excluding hydrogens is 378 g/mol. The van der Waals surface area contributed by atoms with Crippen molar-refractivity contribution in [3.05, 3.63) is 53.4 Å². The molecule has 0 saturated heterocycles. The lowest BCUT2D eigenvalue weighted by atomic mass is 10.1. The summed E-state index contributed by atoms with van der Waals surface area (Å²) in [4.78, 5) is 28.1. The molecule has 0 aliphatic carbocycles. The van der Waals surface area contributed by atoms with Crippen molar-refractivity contribution in [2.24, 2.45) is 0 Å². The van der Waals surface area contributed by atoms with E-state index in [-0.39, 0.29) is 11.8 Å².